The summed E-state index contributed by atoms with van der Waals surface area (Å²) < 4.78 is 4.94. The number of nitriles is 1. The first-order chi connectivity index (χ1) is 8.20. The maximum Gasteiger partial charge on any atom is 0.302 e. The summed E-state index contributed by atoms with van der Waals surface area (Å²) in [7, 11) is 0. The number of carbonyl (C=O) groups excluding carboxylic acids is 1. The van der Waals surface area contributed by atoms with Crippen LogP contribution in [0.15, 0.2) is 0 Å². The zero-order valence-corrected chi connectivity index (χ0v) is 11.7. The fraction of sp³-hybridized carbons (Fsp3) is 0.846. The van der Waals surface area contributed by atoms with Crippen molar-refractivity contribution >= 4 is 17.7 Å². The Morgan fingerprint density at radius 2 is 1.94 bits per heavy atom. The molecular weight excluding hydrogens is 234 g/mol. The molecule has 17 heavy (non-hydrogen) atoms. The summed E-state index contributed by atoms with van der Waals surface area (Å²) in [6, 6.07) is 0. The lowest BCUT2D eigenvalue weighted by Crippen LogP contribution is -2.14. The van der Waals surface area contributed by atoms with Crippen LogP contribution in [0.25, 0.3) is 0 Å². The first-order valence-electron chi connectivity index (χ1n) is 6.38. The van der Waals surface area contributed by atoms with E-state index in [1.54, 1.807) is 0 Å². The summed E-state index contributed by atoms with van der Waals surface area (Å²) in [5, 5.41) is 10.9. The summed E-state index contributed by atoms with van der Waals surface area (Å²) in [5.41, 5.74) is 0. The first kappa shape index (κ1) is 16.3. The van der Waals surface area contributed by atoms with Crippen LogP contribution in [0.5, 0.6) is 0 Å². The molecule has 0 N–H and O–H groups in total. The highest BCUT2D eigenvalue weighted by molar-refractivity contribution is 8.04. The van der Waals surface area contributed by atoms with Crippen molar-refractivity contribution in [1.29, 1.82) is 5.26 Å². The normalized spacial score (nSPS) is 11.8. The van der Waals surface area contributed by atoms with Gasteiger partial charge in [-0.2, -0.15) is 5.26 Å². The highest BCUT2D eigenvalue weighted by atomic mass is 32.2. The quantitative estimate of drug-likeness (QED) is 0.338. The highest BCUT2D eigenvalue weighted by Gasteiger charge is 2.10. The van der Waals surface area contributed by atoms with Gasteiger partial charge in [-0.25, -0.2) is 0 Å². The van der Waals surface area contributed by atoms with Crippen LogP contribution in [-0.4, -0.2) is 17.8 Å². The van der Waals surface area contributed by atoms with Crippen LogP contribution in [-0.2, 0) is 9.53 Å². The SMILES string of the molecule is CCCCCCCCC(COC(C)=O)SC#N. The molecule has 0 heterocycles. The van der Waals surface area contributed by atoms with Gasteiger partial charge in [0.2, 0.25) is 0 Å². The van der Waals surface area contributed by atoms with Gasteiger partial charge in [0, 0.05) is 6.92 Å². The van der Waals surface area contributed by atoms with E-state index in [0.717, 1.165) is 12.8 Å². The lowest BCUT2D eigenvalue weighted by atomic mass is 10.1. The van der Waals surface area contributed by atoms with Gasteiger partial charge in [-0.3, -0.25) is 4.79 Å². The molecule has 0 fully saturated rings. The predicted molar refractivity (Wildman–Crippen MR) is 71.6 cm³/mol. The molecule has 0 aliphatic carbocycles. The third-order valence-corrected chi connectivity index (χ3v) is 3.38. The van der Waals surface area contributed by atoms with E-state index in [1.807, 2.05) is 0 Å². The number of carbonyl (C=O) groups is 1. The molecule has 4 heteroatoms. The van der Waals surface area contributed by atoms with E-state index in [1.165, 1.54) is 50.8 Å². The second kappa shape index (κ2) is 11.8. The van der Waals surface area contributed by atoms with Crippen LogP contribution in [0, 0.1) is 10.7 Å². The van der Waals surface area contributed by atoms with Crippen molar-refractivity contribution in [3.8, 4) is 5.40 Å². The lowest BCUT2D eigenvalue weighted by Gasteiger charge is -2.12. The smallest absolute Gasteiger partial charge is 0.302 e. The fourth-order valence-electron chi connectivity index (χ4n) is 1.61. The molecule has 0 aliphatic heterocycles. The summed E-state index contributed by atoms with van der Waals surface area (Å²) in [6.07, 6.45) is 8.43. The molecule has 1 atom stereocenters. The summed E-state index contributed by atoms with van der Waals surface area (Å²) in [5.74, 6) is -0.267. The second-order valence-electron chi connectivity index (χ2n) is 4.19. The van der Waals surface area contributed by atoms with Crippen LogP contribution in [0.3, 0.4) is 0 Å². The maximum atomic E-state index is 10.7. The van der Waals surface area contributed by atoms with Crippen LogP contribution < -0.4 is 0 Å². The Kier molecular flexibility index (Phi) is 11.3. The molecule has 0 saturated carbocycles. The van der Waals surface area contributed by atoms with Crippen LogP contribution >= 0.6 is 11.8 Å². The van der Waals surface area contributed by atoms with Crippen LogP contribution in [0.4, 0.5) is 0 Å². The Hall–Kier alpha value is -0.690. The maximum absolute atomic E-state index is 10.7. The topological polar surface area (TPSA) is 50.1 Å². The van der Waals surface area contributed by atoms with E-state index in [2.05, 4.69) is 12.3 Å². The highest BCUT2D eigenvalue weighted by Crippen LogP contribution is 2.18. The molecule has 0 bridgehead atoms. The number of rotatable bonds is 10. The largest absolute Gasteiger partial charge is 0.465 e. The van der Waals surface area contributed by atoms with E-state index in [0.29, 0.717) is 6.61 Å². The zero-order chi connectivity index (χ0) is 12.9. The fourth-order valence-corrected chi connectivity index (χ4v) is 2.18. The molecule has 3 nitrogen and oxygen atoms in total. The summed E-state index contributed by atoms with van der Waals surface area (Å²) in [6.45, 7) is 3.97. The number of hydrogen-bond acceptors (Lipinski definition) is 4. The molecule has 0 rings (SSSR count). The Morgan fingerprint density at radius 3 is 2.53 bits per heavy atom. The number of thiocyanates is 1. The number of thioether (sulfide) groups is 1. The average molecular weight is 257 g/mol. The zero-order valence-electron chi connectivity index (χ0n) is 10.9. The van der Waals surface area contributed by atoms with Crippen molar-refractivity contribution in [3.05, 3.63) is 0 Å². The van der Waals surface area contributed by atoms with Crippen molar-refractivity contribution in [2.45, 2.75) is 64.0 Å². The molecule has 0 saturated heterocycles. The van der Waals surface area contributed by atoms with Gasteiger partial charge in [-0.1, -0.05) is 45.4 Å². The third-order valence-electron chi connectivity index (χ3n) is 2.57. The van der Waals surface area contributed by atoms with Crippen molar-refractivity contribution in [2.24, 2.45) is 0 Å². The van der Waals surface area contributed by atoms with Crippen molar-refractivity contribution in [2.75, 3.05) is 6.61 Å². The summed E-state index contributed by atoms with van der Waals surface area (Å²) >= 11 is 1.22. The van der Waals surface area contributed by atoms with E-state index >= 15 is 0 Å². The Labute approximate surface area is 109 Å². The van der Waals surface area contributed by atoms with E-state index in [-0.39, 0.29) is 11.2 Å². The van der Waals surface area contributed by atoms with E-state index in [4.69, 9.17) is 10.00 Å². The average Bonchev–Trinajstić information content (AvgIpc) is 2.30. The number of esters is 1. The summed E-state index contributed by atoms with van der Waals surface area (Å²) in [4.78, 5) is 10.7. The Bertz CT molecular complexity index is 238. The Morgan fingerprint density at radius 1 is 1.29 bits per heavy atom. The molecular formula is C13H23NO2S. The van der Waals surface area contributed by atoms with Gasteiger partial charge in [-0.05, 0) is 18.2 Å². The number of unbranched alkanes of at least 4 members (excludes halogenated alkanes) is 5. The van der Waals surface area contributed by atoms with Gasteiger partial charge in [0.05, 0.1) is 5.25 Å². The van der Waals surface area contributed by atoms with Gasteiger partial charge < -0.3 is 4.74 Å². The minimum absolute atomic E-state index is 0.134. The molecule has 0 aromatic carbocycles. The minimum Gasteiger partial charge on any atom is -0.465 e. The Balaban J connectivity index is 3.56. The number of hydrogen-bond donors (Lipinski definition) is 0. The van der Waals surface area contributed by atoms with Crippen LogP contribution in [0.1, 0.15) is 58.8 Å². The number of ether oxygens (including phenoxy) is 1. The molecule has 0 spiro atoms. The van der Waals surface area contributed by atoms with Crippen LogP contribution in [0.2, 0.25) is 0 Å². The molecule has 98 valence electrons. The van der Waals surface area contributed by atoms with Gasteiger partial charge in [0.15, 0.2) is 0 Å². The predicted octanol–water partition coefficient (Wildman–Crippen LogP) is 3.88. The van der Waals surface area contributed by atoms with Crippen molar-refractivity contribution < 1.29 is 9.53 Å². The molecule has 0 amide bonds. The third kappa shape index (κ3) is 11.6. The first-order valence-corrected chi connectivity index (χ1v) is 7.26. The lowest BCUT2D eigenvalue weighted by molar-refractivity contribution is -0.140. The number of nitrogens with zero attached hydrogens (tertiary/aromatic N) is 1. The molecule has 1 unspecified atom stereocenters. The van der Waals surface area contributed by atoms with Gasteiger partial charge in [0.25, 0.3) is 0 Å². The van der Waals surface area contributed by atoms with E-state index in [9.17, 15) is 4.79 Å². The monoisotopic (exact) mass is 257 g/mol. The molecule has 0 aromatic heterocycles. The van der Waals surface area contributed by atoms with Gasteiger partial charge in [-0.15, -0.1) is 0 Å². The molecule has 0 aliphatic rings. The standard InChI is InChI=1S/C13H23NO2S/c1-3-4-5-6-7-8-9-13(17-11-14)10-16-12(2)15/h13H,3-10H2,1-2H3. The molecule has 0 radical (unpaired) electrons. The van der Waals surface area contributed by atoms with Crippen molar-refractivity contribution in [3.63, 3.8) is 0 Å². The minimum atomic E-state index is -0.267. The second-order valence-corrected chi connectivity index (χ2v) is 5.28. The van der Waals surface area contributed by atoms with Crippen molar-refractivity contribution in [1.82, 2.24) is 0 Å². The molecule has 0 aromatic rings. The van der Waals surface area contributed by atoms with E-state index < -0.39 is 0 Å². The van der Waals surface area contributed by atoms with Gasteiger partial charge >= 0.3 is 5.97 Å². The van der Waals surface area contributed by atoms with Gasteiger partial charge in [0.1, 0.15) is 12.0 Å².